The van der Waals surface area contributed by atoms with Gasteiger partial charge in [0.25, 0.3) is 5.91 Å². The number of anilines is 1. The van der Waals surface area contributed by atoms with E-state index in [1.54, 1.807) is 12.1 Å². The number of ether oxygens (including phenoxy) is 1. The average molecular weight is 397 g/mol. The summed E-state index contributed by atoms with van der Waals surface area (Å²) in [5.41, 5.74) is 6.68. The van der Waals surface area contributed by atoms with E-state index in [1.165, 1.54) is 26.4 Å². The topological polar surface area (TPSA) is 58.8 Å². The molecule has 5 nitrogen and oxygen atoms in total. The Morgan fingerprint density at radius 2 is 1.83 bits per heavy atom. The van der Waals surface area contributed by atoms with Gasteiger partial charge >= 0.3 is 0 Å². The van der Waals surface area contributed by atoms with Crippen LogP contribution in [0.15, 0.2) is 12.1 Å². The maximum absolute atomic E-state index is 12.7. The van der Waals surface area contributed by atoms with Crippen LogP contribution < -0.4 is 10.5 Å². The third-order valence-corrected chi connectivity index (χ3v) is 5.07. The van der Waals surface area contributed by atoms with Gasteiger partial charge in [-0.2, -0.15) is 0 Å². The van der Waals surface area contributed by atoms with Crippen LogP contribution in [0.1, 0.15) is 29.6 Å². The number of amides is 1. The van der Waals surface area contributed by atoms with Crippen molar-refractivity contribution in [1.82, 2.24) is 9.80 Å². The minimum absolute atomic E-state index is 0. The van der Waals surface area contributed by atoms with Gasteiger partial charge < -0.3 is 15.4 Å². The van der Waals surface area contributed by atoms with E-state index in [9.17, 15) is 4.79 Å². The lowest BCUT2D eigenvalue weighted by Gasteiger charge is -2.43. The molecule has 1 aliphatic carbocycles. The minimum atomic E-state index is -0.0352. The third-order valence-electron chi connectivity index (χ3n) is 4.74. The Balaban J connectivity index is 0.00000144. The highest BCUT2D eigenvalue weighted by atomic mass is 35.5. The second-order valence-corrected chi connectivity index (χ2v) is 6.39. The quantitative estimate of drug-likeness (QED) is 0.798. The molecule has 24 heavy (non-hydrogen) atoms. The summed E-state index contributed by atoms with van der Waals surface area (Å²) in [5.74, 6) is 0.445. The zero-order valence-corrected chi connectivity index (χ0v) is 16.1. The number of hydrogen-bond acceptors (Lipinski definition) is 4. The normalized spacial score (nSPS) is 18.2. The zero-order chi connectivity index (χ0) is 15.7. The molecule has 8 heteroatoms. The van der Waals surface area contributed by atoms with Gasteiger partial charge in [0, 0.05) is 38.3 Å². The highest BCUT2D eigenvalue weighted by Crippen LogP contribution is 2.30. The molecular formula is C16H24Cl3N3O2. The van der Waals surface area contributed by atoms with Crippen LogP contribution in [0, 0.1) is 0 Å². The Hall–Kier alpha value is -0.880. The number of piperazine rings is 1. The first kappa shape index (κ1) is 21.2. The molecule has 2 aliphatic rings. The largest absolute Gasteiger partial charge is 0.496 e. The first-order chi connectivity index (χ1) is 10.6. The molecule has 0 unspecified atom stereocenters. The van der Waals surface area contributed by atoms with Crippen molar-refractivity contribution in [2.24, 2.45) is 0 Å². The number of rotatable bonds is 3. The lowest BCUT2D eigenvalue weighted by atomic mass is 9.91. The van der Waals surface area contributed by atoms with Crippen LogP contribution in [0.4, 0.5) is 5.69 Å². The lowest BCUT2D eigenvalue weighted by Crippen LogP contribution is -2.53. The summed E-state index contributed by atoms with van der Waals surface area (Å²) < 4.78 is 5.28. The second-order valence-electron chi connectivity index (χ2n) is 5.99. The molecule has 1 saturated heterocycles. The summed E-state index contributed by atoms with van der Waals surface area (Å²) in [4.78, 5) is 17.1. The summed E-state index contributed by atoms with van der Waals surface area (Å²) >= 11 is 6.06. The summed E-state index contributed by atoms with van der Waals surface area (Å²) in [6, 6.07) is 3.95. The SMILES string of the molecule is COc1cc(N)c(Cl)cc1C(=O)N1CCN(C2CCC2)CC1.Cl.Cl. The highest BCUT2D eigenvalue weighted by molar-refractivity contribution is 6.33. The van der Waals surface area contributed by atoms with E-state index in [0.717, 1.165) is 32.2 Å². The van der Waals surface area contributed by atoms with Crippen LogP contribution in [0.3, 0.4) is 0 Å². The monoisotopic (exact) mass is 395 g/mol. The van der Waals surface area contributed by atoms with Gasteiger partial charge in [0.1, 0.15) is 5.75 Å². The molecule has 0 bridgehead atoms. The highest BCUT2D eigenvalue weighted by Gasteiger charge is 2.30. The fourth-order valence-corrected chi connectivity index (χ4v) is 3.28. The van der Waals surface area contributed by atoms with Crippen molar-refractivity contribution in [3.8, 4) is 5.75 Å². The van der Waals surface area contributed by atoms with E-state index >= 15 is 0 Å². The average Bonchev–Trinajstić information content (AvgIpc) is 2.48. The Bertz CT molecular complexity index is 574. The zero-order valence-electron chi connectivity index (χ0n) is 13.7. The Labute approximate surface area is 160 Å². The van der Waals surface area contributed by atoms with Gasteiger partial charge in [-0.05, 0) is 18.9 Å². The maximum atomic E-state index is 12.7. The van der Waals surface area contributed by atoms with Crippen molar-refractivity contribution in [1.29, 1.82) is 0 Å². The van der Waals surface area contributed by atoms with Gasteiger partial charge in [-0.15, -0.1) is 24.8 Å². The standard InChI is InChI=1S/C16H22ClN3O2.2ClH/c1-22-15-10-14(18)13(17)9-12(15)16(21)20-7-5-19(6-8-20)11-3-2-4-11;;/h9-11H,2-8,18H2,1H3;2*1H. The molecule has 1 aromatic carbocycles. The lowest BCUT2D eigenvalue weighted by molar-refractivity contribution is 0.0453. The molecule has 1 saturated carbocycles. The number of carbonyl (C=O) groups is 1. The molecular weight excluding hydrogens is 373 g/mol. The van der Waals surface area contributed by atoms with Gasteiger partial charge in [-0.3, -0.25) is 9.69 Å². The van der Waals surface area contributed by atoms with E-state index in [2.05, 4.69) is 4.90 Å². The molecule has 2 fully saturated rings. The van der Waals surface area contributed by atoms with Gasteiger partial charge in [-0.25, -0.2) is 0 Å². The molecule has 1 aliphatic heterocycles. The van der Waals surface area contributed by atoms with Gasteiger partial charge in [0.2, 0.25) is 0 Å². The molecule has 1 amide bonds. The van der Waals surface area contributed by atoms with Crippen molar-refractivity contribution in [3.05, 3.63) is 22.7 Å². The van der Waals surface area contributed by atoms with Crippen LogP contribution in [0.2, 0.25) is 5.02 Å². The van der Waals surface area contributed by atoms with E-state index in [0.29, 0.717) is 22.0 Å². The first-order valence-corrected chi connectivity index (χ1v) is 8.14. The fourth-order valence-electron chi connectivity index (χ4n) is 3.12. The summed E-state index contributed by atoms with van der Waals surface area (Å²) in [7, 11) is 1.54. The number of hydrogen-bond donors (Lipinski definition) is 1. The number of nitrogens with zero attached hydrogens (tertiary/aromatic N) is 2. The Morgan fingerprint density at radius 3 is 2.33 bits per heavy atom. The number of methoxy groups -OCH3 is 1. The van der Waals surface area contributed by atoms with E-state index in [1.807, 2.05) is 4.90 Å². The summed E-state index contributed by atoms with van der Waals surface area (Å²) in [6.07, 6.45) is 3.94. The van der Waals surface area contributed by atoms with Gasteiger partial charge in [0.15, 0.2) is 0 Å². The predicted molar refractivity (Wildman–Crippen MR) is 102 cm³/mol. The third kappa shape index (κ3) is 4.20. The molecule has 1 heterocycles. The van der Waals surface area contributed by atoms with Crippen LogP contribution in [0.5, 0.6) is 5.75 Å². The minimum Gasteiger partial charge on any atom is -0.496 e. The number of carbonyl (C=O) groups excluding carboxylic acids is 1. The van der Waals surface area contributed by atoms with E-state index < -0.39 is 0 Å². The number of nitrogens with two attached hydrogens (primary N) is 1. The molecule has 0 aromatic heterocycles. The molecule has 0 spiro atoms. The summed E-state index contributed by atoms with van der Waals surface area (Å²) in [6.45, 7) is 3.39. The molecule has 2 N–H and O–H groups in total. The van der Waals surface area contributed by atoms with Crippen LogP contribution in [-0.2, 0) is 0 Å². The van der Waals surface area contributed by atoms with Crippen LogP contribution >= 0.6 is 36.4 Å². The Morgan fingerprint density at radius 1 is 1.21 bits per heavy atom. The van der Waals surface area contributed by atoms with Crippen molar-refractivity contribution >= 4 is 48.0 Å². The van der Waals surface area contributed by atoms with Gasteiger partial charge in [-0.1, -0.05) is 18.0 Å². The van der Waals surface area contributed by atoms with Crippen LogP contribution in [0.25, 0.3) is 0 Å². The van der Waals surface area contributed by atoms with Crippen molar-refractivity contribution in [2.45, 2.75) is 25.3 Å². The summed E-state index contributed by atoms with van der Waals surface area (Å²) in [5, 5.41) is 0.386. The van der Waals surface area contributed by atoms with Crippen molar-refractivity contribution in [3.63, 3.8) is 0 Å². The molecule has 3 rings (SSSR count). The Kier molecular flexibility index (Phi) is 7.93. The maximum Gasteiger partial charge on any atom is 0.257 e. The number of halogens is 3. The van der Waals surface area contributed by atoms with E-state index in [4.69, 9.17) is 22.1 Å². The van der Waals surface area contributed by atoms with Crippen molar-refractivity contribution in [2.75, 3.05) is 39.0 Å². The second kappa shape index (κ2) is 8.99. The van der Waals surface area contributed by atoms with Gasteiger partial charge in [0.05, 0.1) is 23.4 Å². The molecule has 1 aromatic rings. The molecule has 0 atom stereocenters. The molecule has 136 valence electrons. The molecule has 0 radical (unpaired) electrons. The fraction of sp³-hybridized carbons (Fsp3) is 0.562. The number of benzene rings is 1. The smallest absolute Gasteiger partial charge is 0.257 e. The van der Waals surface area contributed by atoms with Crippen LogP contribution in [-0.4, -0.2) is 55.0 Å². The predicted octanol–water partition coefficient (Wildman–Crippen LogP) is 3.08. The number of nitrogen functional groups attached to an aromatic ring is 1. The van der Waals surface area contributed by atoms with E-state index in [-0.39, 0.29) is 30.7 Å². The van der Waals surface area contributed by atoms with Crippen molar-refractivity contribution < 1.29 is 9.53 Å². The first-order valence-electron chi connectivity index (χ1n) is 7.76.